The highest BCUT2D eigenvalue weighted by atomic mass is 79.9. The van der Waals surface area contributed by atoms with Crippen LogP contribution in [0.3, 0.4) is 0 Å². The Balaban J connectivity index is 2.31. The molecule has 0 aliphatic heterocycles. The van der Waals surface area contributed by atoms with Gasteiger partial charge in [-0.3, -0.25) is 4.79 Å². The predicted molar refractivity (Wildman–Crippen MR) is 80.9 cm³/mol. The Labute approximate surface area is 127 Å². The van der Waals surface area contributed by atoms with E-state index in [-0.39, 0.29) is 5.56 Å². The van der Waals surface area contributed by atoms with Gasteiger partial charge >= 0.3 is 0 Å². The van der Waals surface area contributed by atoms with E-state index in [0.717, 1.165) is 10.0 Å². The van der Waals surface area contributed by atoms with E-state index in [1.807, 2.05) is 19.1 Å². The molecule has 0 aliphatic rings. The lowest BCUT2D eigenvalue weighted by Gasteiger charge is -2.10. The van der Waals surface area contributed by atoms with E-state index in [9.17, 15) is 9.18 Å². The van der Waals surface area contributed by atoms with Crippen LogP contribution >= 0.6 is 31.9 Å². The molecule has 2 aromatic carbocycles. The predicted octanol–water partition coefficient (Wildman–Crippen LogP) is 4.91. The molecule has 0 unspecified atom stereocenters. The summed E-state index contributed by atoms with van der Waals surface area (Å²) in [5.41, 5.74) is 1.56. The van der Waals surface area contributed by atoms with Gasteiger partial charge < -0.3 is 5.32 Å². The van der Waals surface area contributed by atoms with Crippen molar-refractivity contribution in [2.45, 2.75) is 6.92 Å². The summed E-state index contributed by atoms with van der Waals surface area (Å²) in [5, 5.41) is 2.71. The fraction of sp³-hybridized carbons (Fsp3) is 0.0714. The summed E-state index contributed by atoms with van der Waals surface area (Å²) >= 11 is 6.53. The van der Waals surface area contributed by atoms with Crippen molar-refractivity contribution in [1.29, 1.82) is 0 Å². The molecule has 98 valence electrons. The first-order chi connectivity index (χ1) is 8.99. The quantitative estimate of drug-likeness (QED) is 0.780. The standard InChI is InChI=1S/C14H10Br2FNO/c1-8-7-9(15)5-6-12(8)18-14(19)13-10(16)3-2-4-11(13)17/h2-7H,1H3,(H,18,19). The topological polar surface area (TPSA) is 29.1 Å². The number of carbonyl (C=O) groups is 1. The van der Waals surface area contributed by atoms with Gasteiger partial charge in [0.2, 0.25) is 0 Å². The highest BCUT2D eigenvalue weighted by Gasteiger charge is 2.16. The van der Waals surface area contributed by atoms with Gasteiger partial charge in [-0.05, 0) is 58.7 Å². The lowest BCUT2D eigenvalue weighted by molar-refractivity contribution is 0.102. The number of hydrogen-bond acceptors (Lipinski definition) is 1. The minimum Gasteiger partial charge on any atom is -0.322 e. The Morgan fingerprint density at radius 2 is 1.95 bits per heavy atom. The minimum atomic E-state index is -0.554. The van der Waals surface area contributed by atoms with Crippen LogP contribution in [0.1, 0.15) is 15.9 Å². The second kappa shape index (κ2) is 5.84. The van der Waals surface area contributed by atoms with Gasteiger partial charge in [0.15, 0.2) is 0 Å². The van der Waals surface area contributed by atoms with Gasteiger partial charge in [-0.2, -0.15) is 0 Å². The molecular weight excluding hydrogens is 377 g/mol. The number of hydrogen-bond donors (Lipinski definition) is 1. The van der Waals surface area contributed by atoms with Crippen LogP contribution in [0, 0.1) is 12.7 Å². The van der Waals surface area contributed by atoms with Gasteiger partial charge in [0.25, 0.3) is 5.91 Å². The second-order valence-electron chi connectivity index (χ2n) is 4.01. The Hall–Kier alpha value is -1.20. The van der Waals surface area contributed by atoms with Crippen molar-refractivity contribution in [2.75, 3.05) is 5.32 Å². The zero-order valence-electron chi connectivity index (χ0n) is 10.0. The third-order valence-corrected chi connectivity index (χ3v) is 3.78. The van der Waals surface area contributed by atoms with Crippen molar-refractivity contribution >= 4 is 43.5 Å². The van der Waals surface area contributed by atoms with Crippen LogP contribution in [0.4, 0.5) is 10.1 Å². The van der Waals surface area contributed by atoms with Crippen LogP contribution in [-0.4, -0.2) is 5.91 Å². The summed E-state index contributed by atoms with van der Waals surface area (Å²) in [5.74, 6) is -1.03. The monoisotopic (exact) mass is 385 g/mol. The molecule has 1 amide bonds. The summed E-state index contributed by atoms with van der Waals surface area (Å²) in [6.45, 7) is 1.87. The van der Waals surface area contributed by atoms with E-state index in [1.54, 1.807) is 18.2 Å². The highest BCUT2D eigenvalue weighted by Crippen LogP contribution is 2.24. The Kier molecular flexibility index (Phi) is 4.37. The summed E-state index contributed by atoms with van der Waals surface area (Å²) in [7, 11) is 0. The molecule has 5 heteroatoms. The largest absolute Gasteiger partial charge is 0.322 e. The average molecular weight is 387 g/mol. The summed E-state index contributed by atoms with van der Waals surface area (Å²) < 4.78 is 15.0. The maximum atomic E-state index is 13.7. The maximum absolute atomic E-state index is 13.7. The van der Waals surface area contributed by atoms with E-state index in [0.29, 0.717) is 10.2 Å². The smallest absolute Gasteiger partial charge is 0.259 e. The molecule has 0 aliphatic carbocycles. The van der Waals surface area contributed by atoms with Crippen LogP contribution in [-0.2, 0) is 0 Å². The van der Waals surface area contributed by atoms with Crippen LogP contribution in [0.15, 0.2) is 45.3 Å². The van der Waals surface area contributed by atoms with Gasteiger partial charge in [-0.25, -0.2) is 4.39 Å². The Bertz CT molecular complexity index is 623. The molecule has 0 atom stereocenters. The maximum Gasteiger partial charge on any atom is 0.259 e. The van der Waals surface area contributed by atoms with Crippen LogP contribution in [0.5, 0.6) is 0 Å². The van der Waals surface area contributed by atoms with Crippen molar-refractivity contribution in [3.8, 4) is 0 Å². The van der Waals surface area contributed by atoms with Gasteiger partial charge in [0.05, 0.1) is 5.56 Å². The molecule has 2 nitrogen and oxygen atoms in total. The summed E-state index contributed by atoms with van der Waals surface area (Å²) in [4.78, 5) is 12.1. The molecule has 0 radical (unpaired) electrons. The third kappa shape index (κ3) is 3.22. The first-order valence-electron chi connectivity index (χ1n) is 5.50. The molecule has 0 fully saturated rings. The number of aryl methyl sites for hydroxylation is 1. The van der Waals surface area contributed by atoms with Crippen molar-refractivity contribution in [1.82, 2.24) is 0 Å². The SMILES string of the molecule is Cc1cc(Br)ccc1NC(=O)c1c(F)cccc1Br. The molecule has 19 heavy (non-hydrogen) atoms. The molecule has 0 saturated heterocycles. The first kappa shape index (κ1) is 14.2. The van der Waals surface area contributed by atoms with Crippen LogP contribution in [0.2, 0.25) is 0 Å². The van der Waals surface area contributed by atoms with Gasteiger partial charge in [-0.1, -0.05) is 22.0 Å². The molecule has 0 aromatic heterocycles. The van der Waals surface area contributed by atoms with Gasteiger partial charge in [0.1, 0.15) is 5.82 Å². The van der Waals surface area contributed by atoms with E-state index >= 15 is 0 Å². The fourth-order valence-corrected chi connectivity index (χ4v) is 2.66. The third-order valence-electron chi connectivity index (χ3n) is 2.63. The number of carbonyl (C=O) groups excluding carboxylic acids is 1. The van der Waals surface area contributed by atoms with Crippen molar-refractivity contribution in [3.63, 3.8) is 0 Å². The molecular formula is C14H10Br2FNO. The molecule has 0 bridgehead atoms. The van der Waals surface area contributed by atoms with E-state index in [4.69, 9.17) is 0 Å². The van der Waals surface area contributed by atoms with Gasteiger partial charge in [-0.15, -0.1) is 0 Å². The first-order valence-corrected chi connectivity index (χ1v) is 7.09. The zero-order valence-corrected chi connectivity index (χ0v) is 13.2. The summed E-state index contributed by atoms with van der Waals surface area (Å²) in [6.07, 6.45) is 0. The molecule has 0 spiro atoms. The number of nitrogens with one attached hydrogen (secondary N) is 1. The van der Waals surface area contributed by atoms with E-state index < -0.39 is 11.7 Å². The number of halogens is 3. The summed E-state index contributed by atoms with van der Waals surface area (Å²) in [6, 6.07) is 9.90. The molecule has 1 N–H and O–H groups in total. The van der Waals surface area contributed by atoms with Crippen molar-refractivity contribution in [2.24, 2.45) is 0 Å². The number of anilines is 1. The fourth-order valence-electron chi connectivity index (χ4n) is 1.67. The van der Waals surface area contributed by atoms with Gasteiger partial charge in [0, 0.05) is 14.6 Å². The highest BCUT2D eigenvalue weighted by molar-refractivity contribution is 9.10. The van der Waals surface area contributed by atoms with Crippen molar-refractivity contribution in [3.05, 3.63) is 62.3 Å². The van der Waals surface area contributed by atoms with E-state index in [2.05, 4.69) is 37.2 Å². The Morgan fingerprint density at radius 1 is 1.21 bits per heavy atom. The second-order valence-corrected chi connectivity index (χ2v) is 5.78. The lowest BCUT2D eigenvalue weighted by atomic mass is 10.1. The molecule has 2 aromatic rings. The number of rotatable bonds is 2. The number of benzene rings is 2. The molecule has 0 saturated carbocycles. The van der Waals surface area contributed by atoms with Crippen LogP contribution < -0.4 is 5.32 Å². The average Bonchev–Trinajstić information content (AvgIpc) is 2.32. The van der Waals surface area contributed by atoms with Crippen LogP contribution in [0.25, 0.3) is 0 Å². The molecule has 0 heterocycles. The minimum absolute atomic E-state index is 0.00446. The molecule has 2 rings (SSSR count). The van der Waals surface area contributed by atoms with E-state index in [1.165, 1.54) is 6.07 Å². The van der Waals surface area contributed by atoms with Crippen molar-refractivity contribution < 1.29 is 9.18 Å². The lowest BCUT2D eigenvalue weighted by Crippen LogP contribution is -2.15. The Morgan fingerprint density at radius 3 is 2.58 bits per heavy atom. The zero-order chi connectivity index (χ0) is 14.0. The normalized spacial score (nSPS) is 10.3. The number of amides is 1.